The molecule has 2 aromatic carbocycles. The maximum atomic E-state index is 12.5. The molecule has 0 aliphatic rings. The zero-order valence-corrected chi connectivity index (χ0v) is 12.1. The fourth-order valence-corrected chi connectivity index (χ4v) is 2.48. The Morgan fingerprint density at radius 2 is 1.55 bits per heavy atom. The summed E-state index contributed by atoms with van der Waals surface area (Å²) in [6, 6.07) is 20.4. The molecule has 0 radical (unpaired) electrons. The van der Waals surface area contributed by atoms with Crippen LogP contribution >= 0.6 is 0 Å². The standard InChI is InChI=1S/C19H22O/c1-2-3-14-19(20)18(17-12-8-5-9-13-17)15-16-10-6-4-7-11-16/h4-13,18H,2-3,14-15H2,1H3/t18-/m1/s1. The highest BCUT2D eigenvalue weighted by atomic mass is 16.1. The van der Waals surface area contributed by atoms with E-state index in [9.17, 15) is 4.79 Å². The Kier molecular flexibility index (Phi) is 5.55. The lowest BCUT2D eigenvalue weighted by Crippen LogP contribution is -2.15. The van der Waals surface area contributed by atoms with Gasteiger partial charge >= 0.3 is 0 Å². The van der Waals surface area contributed by atoms with Gasteiger partial charge in [0.05, 0.1) is 0 Å². The van der Waals surface area contributed by atoms with Crippen LogP contribution in [0.15, 0.2) is 60.7 Å². The lowest BCUT2D eigenvalue weighted by molar-refractivity contribution is -0.120. The van der Waals surface area contributed by atoms with E-state index < -0.39 is 0 Å². The second kappa shape index (κ2) is 7.64. The van der Waals surface area contributed by atoms with Crippen molar-refractivity contribution in [2.45, 2.75) is 38.5 Å². The monoisotopic (exact) mass is 266 g/mol. The molecule has 0 fully saturated rings. The van der Waals surface area contributed by atoms with E-state index in [1.54, 1.807) is 0 Å². The molecule has 1 atom stereocenters. The van der Waals surface area contributed by atoms with Crippen LogP contribution in [-0.4, -0.2) is 5.78 Å². The number of Topliss-reactive ketones (excluding diaryl/α,β-unsaturated/α-hetero) is 1. The third-order valence-corrected chi connectivity index (χ3v) is 3.65. The molecular weight excluding hydrogens is 244 g/mol. The van der Waals surface area contributed by atoms with E-state index >= 15 is 0 Å². The summed E-state index contributed by atoms with van der Waals surface area (Å²) in [6.07, 6.45) is 3.53. The first-order valence-electron chi connectivity index (χ1n) is 7.43. The Balaban J connectivity index is 2.18. The van der Waals surface area contributed by atoms with Gasteiger partial charge in [0, 0.05) is 12.3 Å². The van der Waals surface area contributed by atoms with Crippen molar-refractivity contribution in [3.63, 3.8) is 0 Å². The minimum Gasteiger partial charge on any atom is -0.299 e. The van der Waals surface area contributed by atoms with E-state index in [1.807, 2.05) is 36.4 Å². The fourth-order valence-electron chi connectivity index (χ4n) is 2.48. The summed E-state index contributed by atoms with van der Waals surface area (Å²) in [6.45, 7) is 2.13. The van der Waals surface area contributed by atoms with Crippen molar-refractivity contribution in [2.24, 2.45) is 0 Å². The normalized spacial score (nSPS) is 12.1. The molecule has 2 rings (SSSR count). The molecule has 0 aliphatic carbocycles. The van der Waals surface area contributed by atoms with E-state index in [0.29, 0.717) is 12.2 Å². The van der Waals surface area contributed by atoms with Gasteiger partial charge in [-0.05, 0) is 24.0 Å². The summed E-state index contributed by atoms with van der Waals surface area (Å²) < 4.78 is 0. The lowest BCUT2D eigenvalue weighted by atomic mass is 9.86. The highest BCUT2D eigenvalue weighted by molar-refractivity contribution is 5.86. The van der Waals surface area contributed by atoms with Crippen LogP contribution in [0.5, 0.6) is 0 Å². The van der Waals surface area contributed by atoms with Gasteiger partial charge in [0.1, 0.15) is 5.78 Å². The Morgan fingerprint density at radius 3 is 2.15 bits per heavy atom. The van der Waals surface area contributed by atoms with Crippen molar-refractivity contribution < 1.29 is 4.79 Å². The van der Waals surface area contributed by atoms with Crippen molar-refractivity contribution in [1.82, 2.24) is 0 Å². The quantitative estimate of drug-likeness (QED) is 0.705. The van der Waals surface area contributed by atoms with Gasteiger partial charge in [-0.3, -0.25) is 4.79 Å². The molecule has 0 saturated heterocycles. The zero-order chi connectivity index (χ0) is 14.2. The average molecular weight is 266 g/mol. The van der Waals surface area contributed by atoms with Crippen LogP contribution in [0.1, 0.15) is 43.2 Å². The molecule has 0 spiro atoms. The maximum absolute atomic E-state index is 12.5. The fraction of sp³-hybridized carbons (Fsp3) is 0.316. The topological polar surface area (TPSA) is 17.1 Å². The molecule has 0 heterocycles. The predicted molar refractivity (Wildman–Crippen MR) is 83.9 cm³/mol. The first-order valence-corrected chi connectivity index (χ1v) is 7.43. The van der Waals surface area contributed by atoms with Crippen LogP contribution in [0.3, 0.4) is 0 Å². The number of carbonyl (C=O) groups is 1. The number of hydrogen-bond donors (Lipinski definition) is 0. The summed E-state index contributed by atoms with van der Waals surface area (Å²) in [5.41, 5.74) is 2.36. The van der Waals surface area contributed by atoms with Crippen molar-refractivity contribution in [3.05, 3.63) is 71.8 Å². The second-order valence-electron chi connectivity index (χ2n) is 5.22. The van der Waals surface area contributed by atoms with Gasteiger partial charge in [0.2, 0.25) is 0 Å². The highest BCUT2D eigenvalue weighted by Crippen LogP contribution is 2.24. The molecule has 1 nitrogen and oxygen atoms in total. The van der Waals surface area contributed by atoms with E-state index in [2.05, 4.69) is 31.2 Å². The molecule has 104 valence electrons. The SMILES string of the molecule is CCCCC(=O)[C@H](Cc1ccccc1)c1ccccc1. The molecule has 20 heavy (non-hydrogen) atoms. The average Bonchev–Trinajstić information content (AvgIpc) is 2.52. The summed E-state index contributed by atoms with van der Waals surface area (Å²) in [5.74, 6) is 0.354. The third-order valence-electron chi connectivity index (χ3n) is 3.65. The van der Waals surface area contributed by atoms with E-state index in [0.717, 1.165) is 24.8 Å². The Morgan fingerprint density at radius 1 is 0.950 bits per heavy atom. The first kappa shape index (κ1) is 14.5. The minimum absolute atomic E-state index is 0.00912. The van der Waals surface area contributed by atoms with E-state index in [1.165, 1.54) is 5.56 Å². The molecular formula is C19H22O. The molecule has 0 unspecified atom stereocenters. The molecule has 0 bridgehead atoms. The Bertz CT molecular complexity index is 516. The predicted octanol–water partition coefficient (Wildman–Crippen LogP) is 4.77. The van der Waals surface area contributed by atoms with Gasteiger partial charge in [0.15, 0.2) is 0 Å². The molecule has 2 aromatic rings. The van der Waals surface area contributed by atoms with Crippen LogP contribution < -0.4 is 0 Å². The maximum Gasteiger partial charge on any atom is 0.140 e. The van der Waals surface area contributed by atoms with Crippen LogP contribution in [0.2, 0.25) is 0 Å². The van der Waals surface area contributed by atoms with Gasteiger partial charge in [-0.15, -0.1) is 0 Å². The summed E-state index contributed by atoms with van der Waals surface area (Å²) >= 11 is 0. The first-order chi connectivity index (χ1) is 9.81. The summed E-state index contributed by atoms with van der Waals surface area (Å²) in [7, 11) is 0. The Hall–Kier alpha value is -1.89. The molecule has 0 N–H and O–H groups in total. The number of hydrogen-bond acceptors (Lipinski definition) is 1. The number of ketones is 1. The van der Waals surface area contributed by atoms with Crippen LogP contribution in [0, 0.1) is 0 Å². The number of benzene rings is 2. The third kappa shape index (κ3) is 4.06. The van der Waals surface area contributed by atoms with Gasteiger partial charge < -0.3 is 0 Å². The molecule has 1 heteroatoms. The van der Waals surface area contributed by atoms with Crippen molar-refractivity contribution in [3.8, 4) is 0 Å². The number of unbranched alkanes of at least 4 members (excludes halogenated alkanes) is 1. The molecule has 0 amide bonds. The molecule has 0 aromatic heterocycles. The molecule has 0 aliphatic heterocycles. The highest BCUT2D eigenvalue weighted by Gasteiger charge is 2.20. The van der Waals surface area contributed by atoms with Crippen molar-refractivity contribution in [1.29, 1.82) is 0 Å². The Labute approximate surface area is 121 Å². The smallest absolute Gasteiger partial charge is 0.140 e. The summed E-state index contributed by atoms with van der Waals surface area (Å²) in [5, 5.41) is 0. The van der Waals surface area contributed by atoms with Crippen molar-refractivity contribution in [2.75, 3.05) is 0 Å². The lowest BCUT2D eigenvalue weighted by Gasteiger charge is -2.16. The molecule has 0 saturated carbocycles. The van der Waals surface area contributed by atoms with Gasteiger partial charge in [-0.2, -0.15) is 0 Å². The van der Waals surface area contributed by atoms with Gasteiger partial charge in [-0.1, -0.05) is 74.0 Å². The number of rotatable bonds is 7. The van der Waals surface area contributed by atoms with Gasteiger partial charge in [0.25, 0.3) is 0 Å². The van der Waals surface area contributed by atoms with E-state index in [-0.39, 0.29) is 5.92 Å². The van der Waals surface area contributed by atoms with Crippen LogP contribution in [0.4, 0.5) is 0 Å². The zero-order valence-electron chi connectivity index (χ0n) is 12.1. The van der Waals surface area contributed by atoms with Crippen LogP contribution in [0.25, 0.3) is 0 Å². The largest absolute Gasteiger partial charge is 0.299 e. The minimum atomic E-state index is -0.00912. The summed E-state index contributed by atoms with van der Waals surface area (Å²) in [4.78, 5) is 12.5. The van der Waals surface area contributed by atoms with Crippen LogP contribution in [-0.2, 0) is 11.2 Å². The van der Waals surface area contributed by atoms with E-state index in [4.69, 9.17) is 0 Å². The van der Waals surface area contributed by atoms with Gasteiger partial charge in [-0.25, -0.2) is 0 Å². The van der Waals surface area contributed by atoms with Crippen molar-refractivity contribution >= 4 is 5.78 Å². The number of carbonyl (C=O) groups excluding carboxylic acids is 1. The second-order valence-corrected chi connectivity index (χ2v) is 5.22.